The van der Waals surface area contributed by atoms with Gasteiger partial charge in [0.1, 0.15) is 5.82 Å². The van der Waals surface area contributed by atoms with Crippen LogP contribution in [0.2, 0.25) is 0 Å². The Labute approximate surface area is 128 Å². The molecule has 0 spiro atoms. The topological polar surface area (TPSA) is 42.2 Å². The average molecular weight is 334 g/mol. The standard InChI is InChI=1S/C16H20BrN3/c1-11-6-8-20(12(9-11)10-18)16-14-3-2-4-15(17)13(14)5-7-19-16/h2-5,7,11-12H,6,8-10,18H2,1H3. The van der Waals surface area contributed by atoms with Gasteiger partial charge in [-0.3, -0.25) is 0 Å². The summed E-state index contributed by atoms with van der Waals surface area (Å²) in [6, 6.07) is 8.75. The van der Waals surface area contributed by atoms with Crippen molar-refractivity contribution in [2.45, 2.75) is 25.8 Å². The number of piperidine rings is 1. The molecular formula is C16H20BrN3. The molecule has 2 N–H and O–H groups in total. The van der Waals surface area contributed by atoms with E-state index in [2.05, 4.69) is 57.0 Å². The van der Waals surface area contributed by atoms with Gasteiger partial charge in [-0.05, 0) is 30.9 Å². The van der Waals surface area contributed by atoms with E-state index in [4.69, 9.17) is 5.73 Å². The molecule has 0 radical (unpaired) electrons. The SMILES string of the molecule is CC1CCN(c2nccc3c(Br)cccc23)C(CN)C1. The number of aromatic nitrogens is 1. The predicted molar refractivity (Wildman–Crippen MR) is 88.0 cm³/mol. The van der Waals surface area contributed by atoms with E-state index in [1.54, 1.807) is 0 Å². The van der Waals surface area contributed by atoms with Crippen LogP contribution in [0.5, 0.6) is 0 Å². The van der Waals surface area contributed by atoms with Crippen molar-refractivity contribution in [1.82, 2.24) is 4.98 Å². The molecule has 1 aromatic carbocycles. The molecule has 3 rings (SSSR count). The van der Waals surface area contributed by atoms with Crippen LogP contribution in [0, 0.1) is 5.92 Å². The highest BCUT2D eigenvalue weighted by atomic mass is 79.9. The maximum absolute atomic E-state index is 5.99. The molecule has 1 aromatic heterocycles. The normalized spacial score (nSPS) is 23.2. The summed E-state index contributed by atoms with van der Waals surface area (Å²) in [5, 5.41) is 2.42. The molecule has 0 bridgehead atoms. The zero-order chi connectivity index (χ0) is 14.1. The van der Waals surface area contributed by atoms with Gasteiger partial charge in [0.2, 0.25) is 0 Å². The highest BCUT2D eigenvalue weighted by Gasteiger charge is 2.27. The second-order valence-corrected chi connectivity index (χ2v) is 6.54. The fourth-order valence-electron chi connectivity index (χ4n) is 3.14. The average Bonchev–Trinajstić information content (AvgIpc) is 2.47. The number of anilines is 1. The number of nitrogens with two attached hydrogens (primary N) is 1. The molecular weight excluding hydrogens is 314 g/mol. The Bertz CT molecular complexity index is 614. The monoisotopic (exact) mass is 333 g/mol. The first-order chi connectivity index (χ1) is 9.70. The third-order valence-electron chi connectivity index (χ3n) is 4.25. The fourth-order valence-corrected chi connectivity index (χ4v) is 3.63. The number of rotatable bonds is 2. The summed E-state index contributed by atoms with van der Waals surface area (Å²) in [6.07, 6.45) is 4.26. The van der Waals surface area contributed by atoms with Crippen LogP contribution in [-0.2, 0) is 0 Å². The number of pyridine rings is 1. The Morgan fingerprint density at radius 3 is 3.00 bits per heavy atom. The highest BCUT2D eigenvalue weighted by Crippen LogP contribution is 2.33. The lowest BCUT2D eigenvalue weighted by atomic mass is 9.92. The van der Waals surface area contributed by atoms with Crippen LogP contribution in [0.4, 0.5) is 5.82 Å². The molecule has 1 aliphatic heterocycles. The Morgan fingerprint density at radius 1 is 1.35 bits per heavy atom. The van der Waals surface area contributed by atoms with Crippen LogP contribution >= 0.6 is 15.9 Å². The molecule has 0 amide bonds. The van der Waals surface area contributed by atoms with E-state index in [1.165, 1.54) is 17.2 Å². The van der Waals surface area contributed by atoms with Crippen molar-refractivity contribution in [3.05, 3.63) is 34.9 Å². The van der Waals surface area contributed by atoms with Crippen molar-refractivity contribution in [3.63, 3.8) is 0 Å². The molecule has 2 unspecified atom stereocenters. The van der Waals surface area contributed by atoms with E-state index < -0.39 is 0 Å². The minimum atomic E-state index is 0.399. The van der Waals surface area contributed by atoms with E-state index in [1.807, 2.05) is 6.20 Å². The Kier molecular flexibility index (Phi) is 3.94. The predicted octanol–water partition coefficient (Wildman–Crippen LogP) is 3.56. The van der Waals surface area contributed by atoms with Gasteiger partial charge >= 0.3 is 0 Å². The van der Waals surface area contributed by atoms with Crippen LogP contribution in [-0.4, -0.2) is 24.1 Å². The summed E-state index contributed by atoms with van der Waals surface area (Å²) in [5.74, 6) is 1.83. The van der Waals surface area contributed by atoms with Crippen molar-refractivity contribution in [3.8, 4) is 0 Å². The van der Waals surface area contributed by atoms with Gasteiger partial charge in [-0.1, -0.05) is 35.0 Å². The summed E-state index contributed by atoms with van der Waals surface area (Å²) in [6.45, 7) is 4.05. The zero-order valence-electron chi connectivity index (χ0n) is 11.7. The third-order valence-corrected chi connectivity index (χ3v) is 4.95. The maximum atomic E-state index is 5.99. The molecule has 3 nitrogen and oxygen atoms in total. The molecule has 20 heavy (non-hydrogen) atoms. The molecule has 2 heterocycles. The number of halogens is 1. The van der Waals surface area contributed by atoms with Gasteiger partial charge < -0.3 is 10.6 Å². The van der Waals surface area contributed by atoms with Gasteiger partial charge in [0.15, 0.2) is 0 Å². The lowest BCUT2D eigenvalue weighted by molar-refractivity contribution is 0.365. The van der Waals surface area contributed by atoms with Gasteiger partial charge in [0.25, 0.3) is 0 Å². The second-order valence-electron chi connectivity index (χ2n) is 5.68. The molecule has 2 aromatic rings. The molecule has 1 saturated heterocycles. The first-order valence-electron chi connectivity index (χ1n) is 7.20. The molecule has 2 atom stereocenters. The summed E-state index contributed by atoms with van der Waals surface area (Å²) in [4.78, 5) is 7.04. The quantitative estimate of drug-likeness (QED) is 0.913. The van der Waals surface area contributed by atoms with Crippen LogP contribution in [0.15, 0.2) is 34.9 Å². The minimum Gasteiger partial charge on any atom is -0.352 e. The van der Waals surface area contributed by atoms with E-state index >= 15 is 0 Å². The van der Waals surface area contributed by atoms with Crippen LogP contribution in [0.25, 0.3) is 10.8 Å². The largest absolute Gasteiger partial charge is 0.352 e. The summed E-state index contributed by atoms with van der Waals surface area (Å²) >= 11 is 3.63. The maximum Gasteiger partial charge on any atom is 0.136 e. The lowest BCUT2D eigenvalue weighted by Gasteiger charge is -2.39. The van der Waals surface area contributed by atoms with Crippen LogP contribution in [0.3, 0.4) is 0 Å². The van der Waals surface area contributed by atoms with Gasteiger partial charge in [-0.15, -0.1) is 0 Å². The van der Waals surface area contributed by atoms with Crippen molar-refractivity contribution in [1.29, 1.82) is 0 Å². The lowest BCUT2D eigenvalue weighted by Crippen LogP contribution is -2.46. The fraction of sp³-hybridized carbons (Fsp3) is 0.438. The molecule has 4 heteroatoms. The van der Waals surface area contributed by atoms with E-state index in [0.29, 0.717) is 12.6 Å². The van der Waals surface area contributed by atoms with E-state index in [-0.39, 0.29) is 0 Å². The van der Waals surface area contributed by atoms with Gasteiger partial charge in [-0.25, -0.2) is 4.98 Å². The minimum absolute atomic E-state index is 0.399. The second kappa shape index (κ2) is 5.70. The first kappa shape index (κ1) is 13.8. The number of fused-ring (bicyclic) bond motifs is 1. The van der Waals surface area contributed by atoms with Crippen molar-refractivity contribution in [2.24, 2.45) is 11.7 Å². The Hall–Kier alpha value is -1.13. The van der Waals surface area contributed by atoms with Gasteiger partial charge in [-0.2, -0.15) is 0 Å². The van der Waals surface area contributed by atoms with Gasteiger partial charge in [0.05, 0.1) is 0 Å². The zero-order valence-corrected chi connectivity index (χ0v) is 13.3. The highest BCUT2D eigenvalue weighted by molar-refractivity contribution is 9.10. The first-order valence-corrected chi connectivity index (χ1v) is 8.00. The molecule has 0 aliphatic carbocycles. The Balaban J connectivity index is 2.07. The number of nitrogens with zero attached hydrogens (tertiary/aromatic N) is 2. The number of hydrogen-bond acceptors (Lipinski definition) is 3. The van der Waals surface area contributed by atoms with Crippen LogP contribution < -0.4 is 10.6 Å². The number of benzene rings is 1. The van der Waals surface area contributed by atoms with Crippen molar-refractivity contribution < 1.29 is 0 Å². The van der Waals surface area contributed by atoms with Crippen molar-refractivity contribution in [2.75, 3.05) is 18.0 Å². The number of hydrogen-bond donors (Lipinski definition) is 1. The Morgan fingerprint density at radius 2 is 2.20 bits per heavy atom. The third kappa shape index (κ3) is 2.42. The summed E-state index contributed by atoms with van der Waals surface area (Å²) in [7, 11) is 0. The summed E-state index contributed by atoms with van der Waals surface area (Å²) < 4.78 is 1.12. The molecule has 1 fully saturated rings. The van der Waals surface area contributed by atoms with Crippen LogP contribution in [0.1, 0.15) is 19.8 Å². The van der Waals surface area contributed by atoms with Crippen molar-refractivity contribution >= 4 is 32.5 Å². The molecule has 1 aliphatic rings. The van der Waals surface area contributed by atoms with E-state index in [0.717, 1.165) is 29.2 Å². The summed E-state index contributed by atoms with van der Waals surface area (Å²) in [5.41, 5.74) is 5.99. The molecule has 0 saturated carbocycles. The van der Waals surface area contributed by atoms with Gasteiger partial charge in [0, 0.05) is 40.6 Å². The molecule has 106 valence electrons. The van der Waals surface area contributed by atoms with E-state index in [9.17, 15) is 0 Å². The smallest absolute Gasteiger partial charge is 0.136 e.